The van der Waals surface area contributed by atoms with Crippen LogP contribution in [0.2, 0.25) is 0 Å². The van der Waals surface area contributed by atoms with Crippen molar-refractivity contribution >= 4 is 33.9 Å². The van der Waals surface area contributed by atoms with E-state index in [9.17, 15) is 9.90 Å². The lowest BCUT2D eigenvalue weighted by Crippen LogP contribution is -1.96. The molecule has 4 heteroatoms. The first-order valence-electron chi connectivity index (χ1n) is 7.17. The van der Waals surface area contributed by atoms with Crippen LogP contribution < -0.4 is 0 Å². The van der Waals surface area contributed by atoms with E-state index in [0.717, 1.165) is 32.9 Å². The van der Waals surface area contributed by atoms with Gasteiger partial charge in [0, 0.05) is 33.0 Å². The van der Waals surface area contributed by atoms with Gasteiger partial charge in [0.15, 0.2) is 0 Å². The van der Waals surface area contributed by atoms with Gasteiger partial charge in [-0.15, -0.1) is 0 Å². The van der Waals surface area contributed by atoms with Crippen molar-refractivity contribution in [3.8, 4) is 11.1 Å². The minimum absolute atomic E-state index is 0.0943. The second-order valence-electron chi connectivity index (χ2n) is 5.30. The van der Waals surface area contributed by atoms with Gasteiger partial charge in [-0.1, -0.05) is 49.1 Å². The van der Waals surface area contributed by atoms with Crippen LogP contribution in [0.15, 0.2) is 59.7 Å². The van der Waals surface area contributed by atoms with E-state index in [4.69, 9.17) is 4.42 Å². The predicted octanol–water partition coefficient (Wildman–Crippen LogP) is 4.92. The van der Waals surface area contributed by atoms with Crippen LogP contribution in [0.25, 0.3) is 39.0 Å². The van der Waals surface area contributed by atoms with E-state index in [0.29, 0.717) is 5.56 Å². The number of furan rings is 1. The minimum Gasteiger partial charge on any atom is -0.475 e. The molecule has 0 radical (unpaired) electrons. The van der Waals surface area contributed by atoms with Crippen LogP contribution in [0.3, 0.4) is 0 Å². The Morgan fingerprint density at radius 3 is 2.65 bits per heavy atom. The minimum atomic E-state index is -1.10. The molecular formula is C19H13NO3. The molecule has 0 spiro atoms. The molecule has 0 bridgehead atoms. The van der Waals surface area contributed by atoms with E-state index in [2.05, 4.69) is 17.6 Å². The lowest BCUT2D eigenvalue weighted by molar-refractivity contribution is 0.0662. The quantitative estimate of drug-likeness (QED) is 0.564. The monoisotopic (exact) mass is 303 g/mol. The number of para-hydroxylation sites is 2. The first-order valence-corrected chi connectivity index (χ1v) is 7.17. The zero-order valence-corrected chi connectivity index (χ0v) is 12.2. The molecule has 0 fully saturated rings. The summed E-state index contributed by atoms with van der Waals surface area (Å²) in [6.45, 7) is 3.72. The van der Waals surface area contributed by atoms with Gasteiger partial charge in [-0.3, -0.25) is 0 Å². The molecule has 23 heavy (non-hydrogen) atoms. The highest BCUT2D eigenvalue weighted by Crippen LogP contribution is 2.36. The Bertz CT molecular complexity index is 1070. The highest BCUT2D eigenvalue weighted by atomic mass is 16.4. The highest BCUT2D eigenvalue weighted by Gasteiger charge is 2.20. The van der Waals surface area contributed by atoms with Crippen LogP contribution >= 0.6 is 0 Å². The van der Waals surface area contributed by atoms with Crippen molar-refractivity contribution in [2.75, 3.05) is 0 Å². The van der Waals surface area contributed by atoms with Gasteiger partial charge in [-0.05, 0) is 6.07 Å². The maximum atomic E-state index is 11.3. The summed E-state index contributed by atoms with van der Waals surface area (Å²) in [5.74, 6) is -1.20. The standard InChI is InChI=1S/C19H13NO3/c1-2-11-15(10-23-18(11)19(21)22)14-8-5-7-13-12-6-3-4-9-16(12)20-17(13)14/h2-10,20H,1H2,(H,21,22). The zero-order chi connectivity index (χ0) is 16.0. The maximum Gasteiger partial charge on any atom is 0.372 e. The Labute approximate surface area is 131 Å². The summed E-state index contributed by atoms with van der Waals surface area (Å²) in [5.41, 5.74) is 4.09. The van der Waals surface area contributed by atoms with Crippen LogP contribution in [0, 0.1) is 0 Å². The van der Waals surface area contributed by atoms with Crippen molar-refractivity contribution in [2.45, 2.75) is 0 Å². The van der Waals surface area contributed by atoms with Gasteiger partial charge in [0.05, 0.1) is 5.52 Å². The fourth-order valence-electron chi connectivity index (χ4n) is 3.04. The van der Waals surface area contributed by atoms with Crippen LogP contribution in [0.1, 0.15) is 16.1 Å². The summed E-state index contributed by atoms with van der Waals surface area (Å²) in [6, 6.07) is 14.0. The Kier molecular flexibility index (Phi) is 2.84. The molecule has 2 N–H and O–H groups in total. The van der Waals surface area contributed by atoms with Gasteiger partial charge in [0.1, 0.15) is 6.26 Å². The van der Waals surface area contributed by atoms with E-state index in [1.165, 1.54) is 12.3 Å². The number of fused-ring (bicyclic) bond motifs is 3. The highest BCUT2D eigenvalue weighted by molar-refractivity contribution is 6.12. The number of nitrogens with one attached hydrogen (secondary N) is 1. The van der Waals surface area contributed by atoms with Gasteiger partial charge in [0.2, 0.25) is 5.76 Å². The summed E-state index contributed by atoms with van der Waals surface area (Å²) in [6.07, 6.45) is 2.99. The summed E-state index contributed by atoms with van der Waals surface area (Å²) in [5, 5.41) is 11.5. The Balaban J connectivity index is 2.07. The molecule has 4 nitrogen and oxygen atoms in total. The molecule has 112 valence electrons. The van der Waals surface area contributed by atoms with Crippen molar-refractivity contribution in [3.63, 3.8) is 0 Å². The molecular weight excluding hydrogens is 290 g/mol. The van der Waals surface area contributed by atoms with E-state index in [1.54, 1.807) is 0 Å². The number of aromatic carboxylic acids is 1. The Hall–Kier alpha value is -3.27. The molecule has 0 atom stereocenters. The largest absolute Gasteiger partial charge is 0.475 e. The third kappa shape index (κ3) is 1.89. The van der Waals surface area contributed by atoms with Gasteiger partial charge >= 0.3 is 5.97 Å². The summed E-state index contributed by atoms with van der Waals surface area (Å²) >= 11 is 0. The Morgan fingerprint density at radius 1 is 1.09 bits per heavy atom. The number of H-pyrrole nitrogens is 1. The molecule has 0 aliphatic carbocycles. The molecule has 4 rings (SSSR count). The molecule has 4 aromatic rings. The lowest BCUT2D eigenvalue weighted by atomic mass is 10.00. The normalized spacial score (nSPS) is 11.1. The smallest absolute Gasteiger partial charge is 0.372 e. The SMILES string of the molecule is C=Cc1c(-c2cccc3c2[nH]c2ccccc23)coc1C(=O)O. The Morgan fingerprint density at radius 2 is 1.87 bits per heavy atom. The van der Waals surface area contributed by atoms with E-state index in [1.807, 2.05) is 36.4 Å². The summed E-state index contributed by atoms with van der Waals surface area (Å²) in [7, 11) is 0. The van der Waals surface area contributed by atoms with Crippen LogP contribution in [0.5, 0.6) is 0 Å². The van der Waals surface area contributed by atoms with E-state index >= 15 is 0 Å². The fraction of sp³-hybridized carbons (Fsp3) is 0. The maximum absolute atomic E-state index is 11.3. The molecule has 0 saturated heterocycles. The van der Waals surface area contributed by atoms with Crippen molar-refractivity contribution in [1.82, 2.24) is 4.98 Å². The summed E-state index contributed by atoms with van der Waals surface area (Å²) in [4.78, 5) is 14.7. The second-order valence-corrected chi connectivity index (χ2v) is 5.30. The third-order valence-electron chi connectivity index (χ3n) is 4.06. The van der Waals surface area contributed by atoms with E-state index < -0.39 is 5.97 Å². The number of aromatic amines is 1. The number of hydrogen-bond acceptors (Lipinski definition) is 2. The molecule has 2 aromatic carbocycles. The average Bonchev–Trinajstić information content (AvgIpc) is 3.15. The number of hydrogen-bond donors (Lipinski definition) is 2. The first-order chi connectivity index (χ1) is 11.2. The molecule has 0 saturated carbocycles. The van der Waals surface area contributed by atoms with Crippen LogP contribution in [-0.4, -0.2) is 16.1 Å². The number of carboxylic acids is 1. The number of aromatic nitrogens is 1. The average molecular weight is 303 g/mol. The molecule has 0 amide bonds. The van der Waals surface area contributed by atoms with Gasteiger partial charge in [0.25, 0.3) is 0 Å². The van der Waals surface area contributed by atoms with Gasteiger partial charge in [-0.2, -0.15) is 0 Å². The van der Waals surface area contributed by atoms with Crippen molar-refractivity contribution < 1.29 is 14.3 Å². The van der Waals surface area contributed by atoms with Crippen molar-refractivity contribution in [3.05, 3.63) is 66.6 Å². The molecule has 0 aliphatic heterocycles. The summed E-state index contributed by atoms with van der Waals surface area (Å²) < 4.78 is 5.24. The topological polar surface area (TPSA) is 66.2 Å². The van der Waals surface area contributed by atoms with Crippen molar-refractivity contribution in [1.29, 1.82) is 0 Å². The molecule has 2 aromatic heterocycles. The molecule has 2 heterocycles. The zero-order valence-electron chi connectivity index (χ0n) is 12.2. The number of carbonyl (C=O) groups is 1. The first kappa shape index (κ1) is 13.4. The number of rotatable bonds is 3. The number of carboxylic acid groups (broad SMARTS) is 1. The molecule has 0 unspecified atom stereocenters. The number of benzene rings is 2. The lowest BCUT2D eigenvalue weighted by Gasteiger charge is -2.02. The van der Waals surface area contributed by atoms with Crippen molar-refractivity contribution in [2.24, 2.45) is 0 Å². The second kappa shape index (κ2) is 4.88. The van der Waals surface area contributed by atoms with E-state index in [-0.39, 0.29) is 5.76 Å². The third-order valence-corrected chi connectivity index (χ3v) is 4.06. The fourth-order valence-corrected chi connectivity index (χ4v) is 3.04. The predicted molar refractivity (Wildman–Crippen MR) is 90.6 cm³/mol. The van der Waals surface area contributed by atoms with Gasteiger partial charge in [-0.25, -0.2) is 4.79 Å². The van der Waals surface area contributed by atoms with Crippen LogP contribution in [0.4, 0.5) is 0 Å². The van der Waals surface area contributed by atoms with Crippen LogP contribution in [-0.2, 0) is 0 Å². The van der Waals surface area contributed by atoms with Gasteiger partial charge < -0.3 is 14.5 Å². The molecule has 0 aliphatic rings.